The van der Waals surface area contributed by atoms with Crippen molar-refractivity contribution in [1.82, 2.24) is 0 Å². The third-order valence-corrected chi connectivity index (χ3v) is 3.78. The lowest BCUT2D eigenvalue weighted by Crippen LogP contribution is -2.05. The molecule has 0 heterocycles. The minimum atomic E-state index is -4.09. The van der Waals surface area contributed by atoms with Crippen molar-refractivity contribution in [3.63, 3.8) is 0 Å². The molecular weight excluding hydrogens is 229 g/mol. The normalized spacial score (nSPS) is 14.8. The smallest absolute Gasteiger partial charge is 0.160 e. The lowest BCUT2D eigenvalue weighted by atomic mass is 10.6. The molecule has 1 unspecified atom stereocenters. The molecule has 0 N–H and O–H groups in total. The SMILES string of the molecule is CC(CCl)SCCSC(F)(F)F. The first kappa shape index (κ1) is 12.8. The van der Waals surface area contributed by atoms with Gasteiger partial charge in [-0.2, -0.15) is 24.9 Å². The molecule has 0 aromatic heterocycles. The molecule has 0 aromatic carbocycles. The molecule has 0 rings (SSSR count). The average Bonchev–Trinajstić information content (AvgIpc) is 1.96. The van der Waals surface area contributed by atoms with Crippen LogP contribution in [0.2, 0.25) is 0 Å². The number of rotatable bonds is 5. The van der Waals surface area contributed by atoms with E-state index < -0.39 is 5.51 Å². The Balaban J connectivity index is 3.22. The first-order valence-corrected chi connectivity index (χ1v) is 5.91. The van der Waals surface area contributed by atoms with E-state index in [1.54, 1.807) is 0 Å². The summed E-state index contributed by atoms with van der Waals surface area (Å²) in [6.07, 6.45) is 0. The highest BCUT2D eigenvalue weighted by atomic mass is 35.5. The predicted octanol–water partition coefficient (Wildman–Crippen LogP) is 3.60. The van der Waals surface area contributed by atoms with Gasteiger partial charge in [0.25, 0.3) is 0 Å². The molecule has 0 saturated carbocycles. The first-order chi connectivity index (χ1) is 5.45. The molecule has 12 heavy (non-hydrogen) atoms. The predicted molar refractivity (Wildman–Crippen MR) is 51.2 cm³/mol. The van der Waals surface area contributed by atoms with Crippen LogP contribution < -0.4 is 0 Å². The van der Waals surface area contributed by atoms with E-state index in [-0.39, 0.29) is 22.8 Å². The summed E-state index contributed by atoms with van der Waals surface area (Å²) in [6, 6.07) is 0. The zero-order chi connectivity index (χ0) is 9.61. The minimum absolute atomic E-state index is 0.0221. The van der Waals surface area contributed by atoms with Gasteiger partial charge in [0.1, 0.15) is 0 Å². The number of hydrogen-bond acceptors (Lipinski definition) is 2. The molecule has 74 valence electrons. The zero-order valence-electron chi connectivity index (χ0n) is 6.53. The molecule has 1 atom stereocenters. The van der Waals surface area contributed by atoms with Gasteiger partial charge < -0.3 is 0 Å². The van der Waals surface area contributed by atoms with Crippen LogP contribution in [-0.2, 0) is 0 Å². The standard InChI is InChI=1S/C6H10ClF3S2/c1-5(4-7)11-2-3-12-6(8,9)10/h5H,2-4H2,1H3. The van der Waals surface area contributed by atoms with E-state index in [0.717, 1.165) is 0 Å². The highest BCUT2D eigenvalue weighted by molar-refractivity contribution is 8.03. The summed E-state index contributed by atoms with van der Waals surface area (Å²) >= 11 is 6.96. The molecule has 0 radical (unpaired) electrons. The average molecular weight is 239 g/mol. The van der Waals surface area contributed by atoms with Crippen LogP contribution in [0, 0.1) is 0 Å². The van der Waals surface area contributed by atoms with Crippen LogP contribution >= 0.6 is 35.1 Å². The van der Waals surface area contributed by atoms with Gasteiger partial charge in [0.2, 0.25) is 0 Å². The van der Waals surface area contributed by atoms with E-state index in [9.17, 15) is 13.2 Å². The van der Waals surface area contributed by atoms with Gasteiger partial charge in [-0.15, -0.1) is 11.6 Å². The third kappa shape index (κ3) is 8.87. The molecule has 6 heteroatoms. The Bertz CT molecular complexity index is 118. The Kier molecular flexibility index (Phi) is 6.67. The van der Waals surface area contributed by atoms with Crippen molar-refractivity contribution in [3.05, 3.63) is 0 Å². The van der Waals surface area contributed by atoms with E-state index in [2.05, 4.69) is 0 Å². The van der Waals surface area contributed by atoms with Crippen LogP contribution in [0.4, 0.5) is 13.2 Å². The summed E-state index contributed by atoms with van der Waals surface area (Å²) in [4.78, 5) is 0. The van der Waals surface area contributed by atoms with E-state index >= 15 is 0 Å². The third-order valence-electron chi connectivity index (χ3n) is 0.969. The summed E-state index contributed by atoms with van der Waals surface area (Å²) in [5.74, 6) is 1.09. The van der Waals surface area contributed by atoms with Gasteiger partial charge in [0, 0.05) is 22.6 Å². The van der Waals surface area contributed by atoms with Crippen molar-refractivity contribution in [2.75, 3.05) is 17.4 Å². The van der Waals surface area contributed by atoms with Crippen molar-refractivity contribution < 1.29 is 13.2 Å². The topological polar surface area (TPSA) is 0 Å². The molecule has 0 nitrogen and oxygen atoms in total. The largest absolute Gasteiger partial charge is 0.441 e. The lowest BCUT2D eigenvalue weighted by Gasteiger charge is -2.07. The fourth-order valence-corrected chi connectivity index (χ4v) is 2.16. The van der Waals surface area contributed by atoms with Gasteiger partial charge in [-0.1, -0.05) is 18.7 Å². The highest BCUT2D eigenvalue weighted by Gasteiger charge is 2.27. The second-order valence-corrected chi connectivity index (χ2v) is 5.14. The number of thioether (sulfide) groups is 2. The Hall–Kier alpha value is 0.780. The maximum absolute atomic E-state index is 11.6. The van der Waals surface area contributed by atoms with Gasteiger partial charge >= 0.3 is 5.51 Å². The fourth-order valence-electron chi connectivity index (χ4n) is 0.451. The summed E-state index contributed by atoms with van der Waals surface area (Å²) in [5.41, 5.74) is -4.09. The Morgan fingerprint density at radius 1 is 1.33 bits per heavy atom. The van der Waals surface area contributed by atoms with Gasteiger partial charge in [0.05, 0.1) is 0 Å². The van der Waals surface area contributed by atoms with Gasteiger partial charge in [-0.3, -0.25) is 0 Å². The van der Waals surface area contributed by atoms with Gasteiger partial charge in [-0.05, 0) is 0 Å². The van der Waals surface area contributed by atoms with Crippen LogP contribution in [0.25, 0.3) is 0 Å². The molecule has 0 aliphatic rings. The van der Waals surface area contributed by atoms with E-state index in [4.69, 9.17) is 11.6 Å². The molecule has 0 aliphatic carbocycles. The molecule has 0 amide bonds. The molecule has 0 saturated heterocycles. The van der Waals surface area contributed by atoms with E-state index in [1.807, 2.05) is 6.92 Å². The highest BCUT2D eigenvalue weighted by Crippen LogP contribution is 2.30. The maximum atomic E-state index is 11.6. The summed E-state index contributed by atoms with van der Waals surface area (Å²) < 4.78 is 34.8. The van der Waals surface area contributed by atoms with E-state index in [1.165, 1.54) is 11.8 Å². The second kappa shape index (κ2) is 6.27. The van der Waals surface area contributed by atoms with Crippen LogP contribution in [0.1, 0.15) is 6.92 Å². The molecule has 0 spiro atoms. The van der Waals surface area contributed by atoms with Crippen LogP contribution in [0.3, 0.4) is 0 Å². The number of hydrogen-bond donors (Lipinski definition) is 0. The van der Waals surface area contributed by atoms with Crippen molar-refractivity contribution in [3.8, 4) is 0 Å². The number of halogens is 4. The summed E-state index contributed by atoms with van der Waals surface area (Å²) in [7, 11) is 0. The molecular formula is C6H10ClF3S2. The van der Waals surface area contributed by atoms with Gasteiger partial charge in [0.15, 0.2) is 0 Å². The quantitative estimate of drug-likeness (QED) is 0.530. The molecule has 0 aliphatic heterocycles. The molecule has 0 fully saturated rings. The zero-order valence-corrected chi connectivity index (χ0v) is 8.92. The summed E-state index contributed by atoms with van der Waals surface area (Å²) in [6.45, 7) is 1.90. The minimum Gasteiger partial charge on any atom is -0.160 e. The van der Waals surface area contributed by atoms with Crippen molar-refractivity contribution in [1.29, 1.82) is 0 Å². The van der Waals surface area contributed by atoms with Crippen molar-refractivity contribution in [2.45, 2.75) is 17.7 Å². The Morgan fingerprint density at radius 3 is 2.33 bits per heavy atom. The maximum Gasteiger partial charge on any atom is 0.441 e. The van der Waals surface area contributed by atoms with Crippen molar-refractivity contribution >= 4 is 35.1 Å². The molecule has 0 aromatic rings. The van der Waals surface area contributed by atoms with Crippen LogP contribution in [0.5, 0.6) is 0 Å². The Labute approximate surface area is 83.6 Å². The van der Waals surface area contributed by atoms with Crippen molar-refractivity contribution in [2.24, 2.45) is 0 Å². The second-order valence-electron chi connectivity index (χ2n) is 2.13. The molecule has 0 bridgehead atoms. The number of alkyl halides is 4. The van der Waals surface area contributed by atoms with Crippen LogP contribution in [-0.4, -0.2) is 28.1 Å². The summed E-state index contributed by atoms with van der Waals surface area (Å²) in [5, 5.41) is 0.237. The van der Waals surface area contributed by atoms with Gasteiger partial charge in [-0.25, -0.2) is 0 Å². The van der Waals surface area contributed by atoms with E-state index in [0.29, 0.717) is 11.6 Å². The lowest BCUT2D eigenvalue weighted by molar-refractivity contribution is -0.0326. The Morgan fingerprint density at radius 2 is 1.92 bits per heavy atom. The fraction of sp³-hybridized carbons (Fsp3) is 1.00. The van der Waals surface area contributed by atoms with Crippen LogP contribution in [0.15, 0.2) is 0 Å². The monoisotopic (exact) mass is 238 g/mol. The first-order valence-electron chi connectivity index (χ1n) is 3.34.